The highest BCUT2D eigenvalue weighted by Crippen LogP contribution is 2.35. The minimum absolute atomic E-state index is 0.375. The van der Waals surface area contributed by atoms with E-state index in [4.69, 9.17) is 11.3 Å². The van der Waals surface area contributed by atoms with Gasteiger partial charge in [-0.2, -0.15) is 0 Å². The molecule has 1 fully saturated rings. The van der Waals surface area contributed by atoms with Crippen LogP contribution in [0.5, 0.6) is 5.75 Å². The fourth-order valence-electron chi connectivity index (χ4n) is 3.08. The van der Waals surface area contributed by atoms with E-state index >= 15 is 0 Å². The molecular formula is C19H20N2O2. The molecule has 1 aliphatic carbocycles. The minimum Gasteiger partial charge on any atom is -0.277 e. The van der Waals surface area contributed by atoms with E-state index in [1.165, 1.54) is 43.6 Å². The number of nitrogens with zero attached hydrogens (tertiary/aromatic N) is 2. The number of benzene rings is 1. The molecule has 1 aliphatic rings. The summed E-state index contributed by atoms with van der Waals surface area (Å²) in [7, 11) is 0. The smallest absolute Gasteiger partial charge is 0.216 e. The molecule has 0 N–H and O–H groups in total. The monoisotopic (exact) mass is 308 g/mol. The summed E-state index contributed by atoms with van der Waals surface area (Å²) in [6.45, 7) is 2.35. The first-order valence-electron chi connectivity index (χ1n) is 7.97. The molecule has 4 heteroatoms. The fourth-order valence-corrected chi connectivity index (χ4v) is 3.08. The van der Waals surface area contributed by atoms with Gasteiger partial charge in [0.15, 0.2) is 11.9 Å². The average Bonchev–Trinajstić information content (AvgIpc) is 2.61. The Hall–Kier alpha value is -2.54. The van der Waals surface area contributed by atoms with Crippen LogP contribution in [-0.2, 0) is 4.89 Å². The SMILES string of the molecule is C#COOc1cnc(-c2ccc(C3CCC(C)CC3)cc2)nc1. The predicted octanol–water partition coefficient (Wildman–Crippen LogP) is 4.34. The molecular weight excluding hydrogens is 288 g/mol. The van der Waals surface area contributed by atoms with Crippen molar-refractivity contribution in [1.29, 1.82) is 0 Å². The van der Waals surface area contributed by atoms with Crippen molar-refractivity contribution in [1.82, 2.24) is 9.97 Å². The number of rotatable bonds is 4. The molecule has 2 aromatic rings. The first-order valence-corrected chi connectivity index (χ1v) is 7.97. The maximum Gasteiger partial charge on any atom is 0.216 e. The first kappa shape index (κ1) is 15.4. The van der Waals surface area contributed by atoms with E-state index in [2.05, 4.69) is 46.0 Å². The Bertz CT molecular complexity index is 666. The Morgan fingerprint density at radius 2 is 1.70 bits per heavy atom. The summed E-state index contributed by atoms with van der Waals surface area (Å²) in [5.74, 6) is 2.59. The van der Waals surface area contributed by atoms with E-state index in [1.54, 1.807) is 0 Å². The van der Waals surface area contributed by atoms with Crippen molar-refractivity contribution in [3.05, 3.63) is 42.2 Å². The van der Waals surface area contributed by atoms with Gasteiger partial charge < -0.3 is 0 Å². The fraction of sp³-hybridized carbons (Fsp3) is 0.368. The van der Waals surface area contributed by atoms with E-state index < -0.39 is 0 Å². The van der Waals surface area contributed by atoms with Gasteiger partial charge in [-0.3, -0.25) is 4.89 Å². The second-order valence-electron chi connectivity index (χ2n) is 6.11. The molecule has 1 aromatic carbocycles. The number of hydrogen-bond donors (Lipinski definition) is 0. The third kappa shape index (κ3) is 3.81. The lowest BCUT2D eigenvalue weighted by Crippen LogP contribution is -2.10. The number of terminal acetylenes is 1. The molecule has 0 bridgehead atoms. The molecule has 4 nitrogen and oxygen atoms in total. The van der Waals surface area contributed by atoms with E-state index in [-0.39, 0.29) is 0 Å². The molecule has 0 saturated heterocycles. The molecule has 118 valence electrons. The van der Waals surface area contributed by atoms with Gasteiger partial charge in [-0.15, -0.1) is 0 Å². The first-order chi connectivity index (χ1) is 11.3. The quantitative estimate of drug-likeness (QED) is 0.479. The maximum atomic E-state index is 4.94. The molecule has 3 rings (SSSR count). The van der Waals surface area contributed by atoms with Crippen molar-refractivity contribution >= 4 is 0 Å². The van der Waals surface area contributed by atoms with Crippen molar-refractivity contribution < 1.29 is 9.78 Å². The summed E-state index contributed by atoms with van der Waals surface area (Å²) >= 11 is 0. The number of hydrogen-bond acceptors (Lipinski definition) is 4. The minimum atomic E-state index is 0.375. The van der Waals surface area contributed by atoms with E-state index in [9.17, 15) is 0 Å². The zero-order valence-electron chi connectivity index (χ0n) is 13.2. The van der Waals surface area contributed by atoms with Crippen LogP contribution in [0.1, 0.15) is 44.1 Å². The molecule has 1 aromatic heterocycles. The van der Waals surface area contributed by atoms with E-state index in [1.807, 2.05) is 6.11 Å². The largest absolute Gasteiger partial charge is 0.277 e. The second kappa shape index (κ2) is 7.15. The summed E-state index contributed by atoms with van der Waals surface area (Å²) in [5.41, 5.74) is 2.41. The van der Waals surface area contributed by atoms with Gasteiger partial charge in [-0.25, -0.2) is 14.9 Å². The Kier molecular flexibility index (Phi) is 4.77. The van der Waals surface area contributed by atoms with Crippen LogP contribution in [0.25, 0.3) is 11.4 Å². The van der Waals surface area contributed by atoms with Crippen LogP contribution in [0.3, 0.4) is 0 Å². The van der Waals surface area contributed by atoms with Gasteiger partial charge in [-0.05, 0) is 30.2 Å². The molecule has 23 heavy (non-hydrogen) atoms. The highest BCUT2D eigenvalue weighted by atomic mass is 17.2. The van der Waals surface area contributed by atoms with Gasteiger partial charge >= 0.3 is 0 Å². The van der Waals surface area contributed by atoms with Crippen LogP contribution in [0.4, 0.5) is 0 Å². The average molecular weight is 308 g/mol. The molecule has 0 aliphatic heterocycles. The van der Waals surface area contributed by atoms with Crippen LogP contribution in [0.2, 0.25) is 0 Å². The van der Waals surface area contributed by atoms with Gasteiger partial charge in [0.1, 0.15) is 0 Å². The Morgan fingerprint density at radius 1 is 1.04 bits per heavy atom. The Morgan fingerprint density at radius 3 is 2.30 bits per heavy atom. The zero-order chi connectivity index (χ0) is 16.1. The van der Waals surface area contributed by atoms with Crippen LogP contribution in [-0.4, -0.2) is 9.97 Å². The van der Waals surface area contributed by atoms with Gasteiger partial charge in [0.2, 0.25) is 5.75 Å². The molecule has 0 spiro atoms. The predicted molar refractivity (Wildman–Crippen MR) is 88.4 cm³/mol. The third-order valence-corrected chi connectivity index (χ3v) is 4.47. The lowest BCUT2D eigenvalue weighted by Gasteiger charge is -2.26. The van der Waals surface area contributed by atoms with Crippen molar-refractivity contribution in [3.63, 3.8) is 0 Å². The lowest BCUT2D eigenvalue weighted by molar-refractivity contribution is -0.134. The van der Waals surface area contributed by atoms with Crippen LogP contribution < -0.4 is 4.89 Å². The van der Waals surface area contributed by atoms with Crippen molar-refractivity contribution in [2.45, 2.75) is 38.5 Å². The summed E-state index contributed by atoms with van der Waals surface area (Å²) in [6.07, 6.45) is 15.2. The maximum absolute atomic E-state index is 4.94. The van der Waals surface area contributed by atoms with Gasteiger partial charge in [0.05, 0.1) is 12.4 Å². The van der Waals surface area contributed by atoms with Gasteiger partial charge in [-0.1, -0.05) is 50.5 Å². The van der Waals surface area contributed by atoms with Gasteiger partial charge in [0, 0.05) is 5.56 Å². The molecule has 1 heterocycles. The van der Waals surface area contributed by atoms with E-state index in [0.717, 1.165) is 11.5 Å². The standard InChI is InChI=1S/C19H20N2O2/c1-3-22-23-18-12-20-19(21-13-18)17-10-8-16(9-11-17)15-6-4-14(2)5-7-15/h1,8-15H,4-7H2,2H3. The van der Waals surface area contributed by atoms with Crippen LogP contribution >= 0.6 is 0 Å². The topological polar surface area (TPSA) is 44.2 Å². The second-order valence-corrected chi connectivity index (χ2v) is 6.11. The summed E-state index contributed by atoms with van der Waals surface area (Å²) in [5, 5.41) is 0. The van der Waals surface area contributed by atoms with Gasteiger partial charge in [0.25, 0.3) is 0 Å². The molecule has 0 radical (unpaired) electrons. The van der Waals surface area contributed by atoms with Crippen molar-refractivity contribution in [2.24, 2.45) is 5.92 Å². The van der Waals surface area contributed by atoms with Crippen molar-refractivity contribution in [2.75, 3.05) is 0 Å². The highest BCUT2D eigenvalue weighted by molar-refractivity contribution is 5.55. The molecule has 0 unspecified atom stereocenters. The summed E-state index contributed by atoms with van der Waals surface area (Å²) in [6, 6.07) is 8.57. The molecule has 1 saturated carbocycles. The summed E-state index contributed by atoms with van der Waals surface area (Å²) < 4.78 is 0. The summed E-state index contributed by atoms with van der Waals surface area (Å²) in [4.78, 5) is 17.7. The lowest BCUT2D eigenvalue weighted by atomic mass is 9.79. The zero-order valence-corrected chi connectivity index (χ0v) is 13.2. The number of aromatic nitrogens is 2. The Labute approximate surface area is 136 Å². The normalized spacial score (nSPS) is 20.5. The molecule has 0 atom stereocenters. The third-order valence-electron chi connectivity index (χ3n) is 4.47. The van der Waals surface area contributed by atoms with Crippen LogP contribution in [0.15, 0.2) is 36.7 Å². The van der Waals surface area contributed by atoms with Crippen LogP contribution in [0, 0.1) is 18.4 Å². The molecule has 0 amide bonds. The Balaban J connectivity index is 1.68. The highest BCUT2D eigenvalue weighted by Gasteiger charge is 2.19. The van der Waals surface area contributed by atoms with E-state index in [0.29, 0.717) is 17.5 Å². The van der Waals surface area contributed by atoms with Crippen molar-refractivity contribution in [3.8, 4) is 29.7 Å².